The van der Waals surface area contributed by atoms with Crippen molar-refractivity contribution in [2.45, 2.75) is 57.5 Å². The lowest BCUT2D eigenvalue weighted by Crippen LogP contribution is -2.19. The smallest absolute Gasteiger partial charge is 0.344 e. The third-order valence-corrected chi connectivity index (χ3v) is 6.77. The molecule has 0 aliphatic heterocycles. The predicted octanol–water partition coefficient (Wildman–Crippen LogP) is 2.27. The Balaban J connectivity index is 1.32. The number of rotatable bonds is 14. The molecule has 0 radical (unpaired) electrons. The highest BCUT2D eigenvalue weighted by Crippen LogP contribution is 2.39. The van der Waals surface area contributed by atoms with Gasteiger partial charge in [0.15, 0.2) is 24.7 Å². The topological polar surface area (TPSA) is 142 Å². The molecule has 39 heavy (non-hydrogen) atoms. The quantitative estimate of drug-likeness (QED) is 0.270. The Hall–Kier alpha value is -3.50. The lowest BCUT2D eigenvalue weighted by molar-refractivity contribution is -0.145. The van der Waals surface area contributed by atoms with Crippen LogP contribution in [0.15, 0.2) is 24.3 Å². The Bertz CT molecular complexity index is 1170. The van der Waals surface area contributed by atoms with Crippen molar-refractivity contribution < 1.29 is 38.0 Å². The van der Waals surface area contributed by atoms with Crippen LogP contribution in [0.5, 0.6) is 23.0 Å². The normalized spacial score (nSPS) is 17.2. The van der Waals surface area contributed by atoms with Gasteiger partial charge in [-0.05, 0) is 74.3 Å². The summed E-state index contributed by atoms with van der Waals surface area (Å²) in [5, 5.41) is 0. The van der Waals surface area contributed by atoms with Crippen molar-refractivity contribution in [3.8, 4) is 23.0 Å². The van der Waals surface area contributed by atoms with Crippen LogP contribution in [0, 0.1) is 0 Å². The zero-order valence-electron chi connectivity index (χ0n) is 22.7. The van der Waals surface area contributed by atoms with Crippen molar-refractivity contribution >= 4 is 11.9 Å². The van der Waals surface area contributed by atoms with E-state index in [0.29, 0.717) is 43.5 Å². The van der Waals surface area contributed by atoms with Gasteiger partial charge in [-0.2, -0.15) is 0 Å². The summed E-state index contributed by atoms with van der Waals surface area (Å²) in [6, 6.07) is 7.61. The van der Waals surface area contributed by atoms with Crippen LogP contribution in [0.1, 0.15) is 42.0 Å². The average molecular weight is 543 g/mol. The molecule has 2 atom stereocenters. The maximum absolute atomic E-state index is 11.8. The largest absolute Gasteiger partial charge is 0.493 e. The number of esters is 2. The fourth-order valence-corrected chi connectivity index (χ4v) is 4.97. The van der Waals surface area contributed by atoms with E-state index in [1.54, 1.807) is 13.0 Å². The van der Waals surface area contributed by atoms with Gasteiger partial charge in [-0.25, -0.2) is 9.59 Å². The van der Waals surface area contributed by atoms with Gasteiger partial charge < -0.3 is 39.9 Å². The fourth-order valence-electron chi connectivity index (χ4n) is 4.97. The number of carbonyl (C=O) groups is 2. The van der Waals surface area contributed by atoms with Crippen LogP contribution in [-0.2, 0) is 44.7 Å². The van der Waals surface area contributed by atoms with Crippen molar-refractivity contribution in [1.82, 2.24) is 0 Å². The summed E-state index contributed by atoms with van der Waals surface area (Å²) in [7, 11) is 1.32. The van der Waals surface area contributed by atoms with Crippen molar-refractivity contribution in [3.63, 3.8) is 0 Å². The molecule has 0 bridgehead atoms. The van der Waals surface area contributed by atoms with Crippen LogP contribution in [0.4, 0.5) is 0 Å². The first kappa shape index (κ1) is 28.5. The van der Waals surface area contributed by atoms with Gasteiger partial charge in [0, 0.05) is 23.7 Å². The second-order valence-corrected chi connectivity index (χ2v) is 9.79. The van der Waals surface area contributed by atoms with Gasteiger partial charge >= 0.3 is 11.9 Å². The second kappa shape index (κ2) is 13.5. The first-order chi connectivity index (χ1) is 18.9. The summed E-state index contributed by atoms with van der Waals surface area (Å²) in [6.45, 7) is 2.64. The average Bonchev–Trinajstić information content (AvgIpc) is 3.49. The molecular weight excluding hydrogens is 504 g/mol. The Labute approximate surface area is 228 Å². The minimum atomic E-state index is -0.449. The van der Waals surface area contributed by atoms with E-state index in [4.69, 9.17) is 35.2 Å². The number of unbranched alkanes of at least 4 members (excludes halogenated alkanes) is 1. The van der Waals surface area contributed by atoms with Gasteiger partial charge in [0.1, 0.15) is 11.5 Å². The van der Waals surface area contributed by atoms with Crippen LogP contribution in [0.25, 0.3) is 0 Å². The molecule has 0 heterocycles. The van der Waals surface area contributed by atoms with E-state index in [2.05, 4.69) is 4.74 Å². The number of nitrogens with two attached hydrogens (primary N) is 2. The number of carbonyl (C=O) groups excluding carboxylic acids is 2. The maximum atomic E-state index is 11.8. The molecule has 0 amide bonds. The molecule has 0 aromatic heterocycles. The van der Waals surface area contributed by atoms with E-state index < -0.39 is 11.9 Å². The molecule has 0 saturated carbocycles. The highest BCUT2D eigenvalue weighted by atomic mass is 16.6. The van der Waals surface area contributed by atoms with Gasteiger partial charge in [-0.1, -0.05) is 6.07 Å². The molecule has 2 aromatic rings. The first-order valence-corrected chi connectivity index (χ1v) is 13.4. The Kier molecular flexibility index (Phi) is 9.89. The molecular formula is C29H38N2O8. The molecule has 212 valence electrons. The third kappa shape index (κ3) is 7.54. The molecule has 2 aliphatic carbocycles. The molecule has 2 aliphatic rings. The molecule has 2 aromatic carbocycles. The molecule has 4 rings (SSSR count). The summed E-state index contributed by atoms with van der Waals surface area (Å²) in [6.07, 6.45) is 4.45. The van der Waals surface area contributed by atoms with E-state index in [1.165, 1.54) is 7.11 Å². The molecule has 0 saturated heterocycles. The number of benzene rings is 2. The zero-order chi connectivity index (χ0) is 27.8. The highest BCUT2D eigenvalue weighted by Gasteiger charge is 2.26. The SMILES string of the molecule is CCOC(=O)COc1ccc2c(c1OCCCCOc1cc(OCC(=O)OC)cc3c1CC(N)C3)CC(N)C2. The summed E-state index contributed by atoms with van der Waals surface area (Å²) >= 11 is 0. The zero-order valence-corrected chi connectivity index (χ0v) is 22.7. The summed E-state index contributed by atoms with van der Waals surface area (Å²) in [4.78, 5) is 23.3. The van der Waals surface area contributed by atoms with Gasteiger partial charge in [-0.15, -0.1) is 0 Å². The monoisotopic (exact) mass is 542 g/mol. The van der Waals surface area contributed by atoms with Crippen molar-refractivity contribution in [3.05, 3.63) is 46.5 Å². The van der Waals surface area contributed by atoms with Crippen molar-refractivity contribution in [2.24, 2.45) is 11.5 Å². The first-order valence-electron chi connectivity index (χ1n) is 13.4. The molecule has 0 fully saturated rings. The molecule has 2 unspecified atom stereocenters. The summed E-state index contributed by atoms with van der Waals surface area (Å²) in [5.74, 6) is 1.57. The van der Waals surface area contributed by atoms with Crippen LogP contribution in [0.2, 0.25) is 0 Å². The van der Waals surface area contributed by atoms with Gasteiger partial charge in [0.2, 0.25) is 0 Å². The van der Waals surface area contributed by atoms with Crippen LogP contribution in [0.3, 0.4) is 0 Å². The molecule has 4 N–H and O–H groups in total. The highest BCUT2D eigenvalue weighted by molar-refractivity contribution is 5.71. The Morgan fingerprint density at radius 3 is 2.23 bits per heavy atom. The van der Waals surface area contributed by atoms with Crippen molar-refractivity contribution in [1.29, 1.82) is 0 Å². The summed E-state index contributed by atoms with van der Waals surface area (Å²) in [5.41, 5.74) is 16.7. The maximum Gasteiger partial charge on any atom is 0.344 e. The minimum absolute atomic E-state index is 0.0348. The number of hydrogen-bond donors (Lipinski definition) is 2. The minimum Gasteiger partial charge on any atom is -0.493 e. The van der Waals surface area contributed by atoms with Crippen molar-refractivity contribution in [2.75, 3.05) is 40.1 Å². The summed E-state index contributed by atoms with van der Waals surface area (Å²) < 4.78 is 33.3. The molecule has 10 heteroatoms. The molecule has 10 nitrogen and oxygen atoms in total. The number of ether oxygens (including phenoxy) is 6. The van der Waals surface area contributed by atoms with Crippen LogP contribution >= 0.6 is 0 Å². The van der Waals surface area contributed by atoms with Gasteiger partial charge in [-0.3, -0.25) is 0 Å². The van der Waals surface area contributed by atoms with E-state index >= 15 is 0 Å². The van der Waals surface area contributed by atoms with Gasteiger partial charge in [0.25, 0.3) is 0 Å². The standard InChI is InChI=1S/C29H38N2O8/c1-3-35-28(33)17-39-25-7-6-18-10-20(30)14-24(18)29(25)37-9-5-4-8-36-26-15-22(38-16-27(32)34-2)12-19-11-21(31)13-23(19)26/h6-7,12,15,20-21H,3-5,8-11,13-14,16-17,30-31H2,1-2H3. The number of methoxy groups -OCH3 is 1. The van der Waals surface area contributed by atoms with Crippen LogP contribution in [-0.4, -0.2) is 64.2 Å². The van der Waals surface area contributed by atoms with E-state index in [0.717, 1.165) is 60.1 Å². The number of hydrogen-bond acceptors (Lipinski definition) is 10. The molecule has 0 spiro atoms. The Morgan fingerprint density at radius 2 is 1.49 bits per heavy atom. The van der Waals surface area contributed by atoms with E-state index in [1.807, 2.05) is 18.2 Å². The Morgan fingerprint density at radius 1 is 0.795 bits per heavy atom. The predicted molar refractivity (Wildman–Crippen MR) is 144 cm³/mol. The van der Waals surface area contributed by atoms with E-state index in [9.17, 15) is 9.59 Å². The fraction of sp³-hybridized carbons (Fsp3) is 0.517. The number of fused-ring (bicyclic) bond motifs is 2. The lowest BCUT2D eigenvalue weighted by Gasteiger charge is -2.17. The van der Waals surface area contributed by atoms with Gasteiger partial charge in [0.05, 0.1) is 26.9 Å². The second-order valence-electron chi connectivity index (χ2n) is 9.79. The third-order valence-electron chi connectivity index (χ3n) is 6.77. The van der Waals surface area contributed by atoms with E-state index in [-0.39, 0.29) is 25.3 Å². The lowest BCUT2D eigenvalue weighted by atomic mass is 10.1. The van der Waals surface area contributed by atoms with Crippen LogP contribution < -0.4 is 30.4 Å².